The smallest absolute Gasteiger partial charge is 0.174 e. The van der Waals surface area contributed by atoms with E-state index in [1.807, 2.05) is 19.9 Å². The Balaban J connectivity index is 2.40. The summed E-state index contributed by atoms with van der Waals surface area (Å²) in [6.45, 7) is 4.05. The summed E-state index contributed by atoms with van der Waals surface area (Å²) in [6, 6.07) is 4.12. The first-order valence-electron chi connectivity index (χ1n) is 5.36. The van der Waals surface area contributed by atoms with Crippen LogP contribution in [0.15, 0.2) is 15.9 Å². The minimum absolute atomic E-state index is 0.236. The van der Waals surface area contributed by atoms with E-state index in [1.54, 1.807) is 22.7 Å². The van der Waals surface area contributed by atoms with Crippen molar-refractivity contribution >= 4 is 57.0 Å². The van der Waals surface area contributed by atoms with Crippen molar-refractivity contribution < 1.29 is 4.79 Å². The molecule has 17 heavy (non-hydrogen) atoms. The van der Waals surface area contributed by atoms with Crippen LogP contribution in [-0.4, -0.2) is 13.6 Å². The number of halogens is 1. The fourth-order valence-electron chi connectivity index (χ4n) is 2.30. The molecule has 5 heteroatoms. The van der Waals surface area contributed by atoms with Gasteiger partial charge in [-0.15, -0.1) is 22.7 Å². The molecule has 3 rings (SSSR count). The minimum Gasteiger partial charge on any atom is -0.293 e. The number of ketones is 1. The Kier molecular flexibility index (Phi) is 2.45. The average Bonchev–Trinajstić information content (AvgIpc) is 2.79. The standard InChI is InChI=1S/C12H10BBrOS2/c1-12(2)6-4-7(13)16-10(6)9-5(11(12)15)3-8(14)17-9/h3-4H,13H2,1-2H3. The Morgan fingerprint density at radius 2 is 1.94 bits per heavy atom. The number of hydrogen-bond donors (Lipinski definition) is 0. The summed E-state index contributed by atoms with van der Waals surface area (Å²) < 4.78 is 2.30. The molecular formula is C12H10BBrOS2. The van der Waals surface area contributed by atoms with Gasteiger partial charge in [0, 0.05) is 10.4 Å². The lowest BCUT2D eigenvalue weighted by Crippen LogP contribution is -2.31. The molecule has 0 aliphatic heterocycles. The molecule has 0 bridgehead atoms. The highest BCUT2D eigenvalue weighted by Crippen LogP contribution is 2.49. The Bertz CT molecular complexity index is 639. The van der Waals surface area contributed by atoms with E-state index in [4.69, 9.17) is 0 Å². The van der Waals surface area contributed by atoms with Crippen molar-refractivity contribution in [3.63, 3.8) is 0 Å². The van der Waals surface area contributed by atoms with Gasteiger partial charge >= 0.3 is 0 Å². The highest BCUT2D eigenvalue weighted by Gasteiger charge is 2.41. The molecule has 0 amide bonds. The minimum atomic E-state index is -0.395. The number of carbonyl (C=O) groups excluding carboxylic acids is 1. The summed E-state index contributed by atoms with van der Waals surface area (Å²) in [5.41, 5.74) is 1.67. The van der Waals surface area contributed by atoms with Crippen LogP contribution in [0.25, 0.3) is 9.75 Å². The second-order valence-corrected chi connectivity index (χ2v) is 8.54. The van der Waals surface area contributed by atoms with E-state index in [9.17, 15) is 4.79 Å². The van der Waals surface area contributed by atoms with Crippen LogP contribution in [0.2, 0.25) is 0 Å². The Hall–Kier alpha value is -0.385. The van der Waals surface area contributed by atoms with Gasteiger partial charge in [0.25, 0.3) is 0 Å². The van der Waals surface area contributed by atoms with Crippen LogP contribution in [0.1, 0.15) is 29.8 Å². The van der Waals surface area contributed by atoms with Crippen molar-refractivity contribution in [2.75, 3.05) is 0 Å². The van der Waals surface area contributed by atoms with Gasteiger partial charge in [0.15, 0.2) is 13.6 Å². The molecule has 0 fully saturated rings. The largest absolute Gasteiger partial charge is 0.293 e. The van der Waals surface area contributed by atoms with E-state index in [0.717, 1.165) is 14.2 Å². The summed E-state index contributed by atoms with van der Waals surface area (Å²) in [7, 11) is 2.10. The van der Waals surface area contributed by atoms with E-state index < -0.39 is 5.41 Å². The second kappa shape index (κ2) is 3.56. The third-order valence-corrected chi connectivity index (χ3v) is 6.10. The van der Waals surface area contributed by atoms with Crippen molar-refractivity contribution in [2.24, 2.45) is 0 Å². The van der Waals surface area contributed by atoms with Crippen LogP contribution in [0.4, 0.5) is 0 Å². The first kappa shape index (κ1) is 11.7. The Labute approximate surface area is 117 Å². The van der Waals surface area contributed by atoms with Crippen molar-refractivity contribution in [3.05, 3.63) is 27.0 Å². The Morgan fingerprint density at radius 1 is 1.24 bits per heavy atom. The molecule has 2 heterocycles. The number of carbonyl (C=O) groups is 1. The zero-order chi connectivity index (χ0) is 12.4. The monoisotopic (exact) mass is 324 g/mol. The molecule has 0 spiro atoms. The first-order valence-corrected chi connectivity index (χ1v) is 7.79. The fraction of sp³-hybridized carbons (Fsp3) is 0.250. The van der Waals surface area contributed by atoms with Gasteiger partial charge < -0.3 is 0 Å². The maximum atomic E-state index is 12.5. The maximum Gasteiger partial charge on any atom is 0.174 e. The predicted molar refractivity (Wildman–Crippen MR) is 80.9 cm³/mol. The quantitative estimate of drug-likeness (QED) is 0.681. The van der Waals surface area contributed by atoms with Gasteiger partial charge in [0.05, 0.1) is 14.1 Å². The number of hydrogen-bond acceptors (Lipinski definition) is 3. The zero-order valence-corrected chi connectivity index (χ0v) is 13.0. The lowest BCUT2D eigenvalue weighted by molar-refractivity contribution is 0.0908. The van der Waals surface area contributed by atoms with Crippen LogP contribution in [0.3, 0.4) is 0 Å². The molecule has 0 atom stereocenters. The molecule has 1 aliphatic carbocycles. The van der Waals surface area contributed by atoms with Gasteiger partial charge in [-0.25, -0.2) is 0 Å². The summed E-state index contributed by atoms with van der Waals surface area (Å²) in [5.74, 6) is 0.236. The van der Waals surface area contributed by atoms with Crippen molar-refractivity contribution in [2.45, 2.75) is 19.3 Å². The molecule has 0 saturated carbocycles. The molecule has 2 aromatic heterocycles. The first-order chi connectivity index (χ1) is 7.91. The van der Waals surface area contributed by atoms with Crippen molar-refractivity contribution in [1.29, 1.82) is 0 Å². The number of thiophene rings is 2. The third kappa shape index (κ3) is 1.52. The van der Waals surface area contributed by atoms with Crippen LogP contribution < -0.4 is 4.78 Å². The summed E-state index contributed by atoms with van der Waals surface area (Å²) in [5, 5.41) is 0. The normalized spacial score (nSPS) is 16.8. The average molecular weight is 325 g/mol. The van der Waals surface area contributed by atoms with E-state index in [1.165, 1.54) is 15.2 Å². The van der Waals surface area contributed by atoms with Crippen LogP contribution in [0, 0.1) is 0 Å². The second-order valence-electron chi connectivity index (χ2n) is 4.85. The fourth-order valence-corrected chi connectivity index (χ4v) is 5.23. The van der Waals surface area contributed by atoms with Crippen LogP contribution >= 0.6 is 38.6 Å². The number of Topliss-reactive ketones (excluding diaryl/α,β-unsaturated/α-hetero) is 1. The highest BCUT2D eigenvalue weighted by atomic mass is 79.9. The number of fused-ring (bicyclic) bond motifs is 3. The molecule has 0 N–H and O–H groups in total. The third-order valence-electron chi connectivity index (χ3n) is 3.25. The Morgan fingerprint density at radius 3 is 2.65 bits per heavy atom. The van der Waals surface area contributed by atoms with E-state index in [2.05, 4.69) is 29.8 Å². The summed E-state index contributed by atoms with van der Waals surface area (Å²) in [6.07, 6.45) is 0. The zero-order valence-electron chi connectivity index (χ0n) is 9.76. The topological polar surface area (TPSA) is 17.1 Å². The molecular weight excluding hydrogens is 315 g/mol. The molecule has 86 valence electrons. The molecule has 0 unspecified atom stereocenters. The number of rotatable bonds is 0. The van der Waals surface area contributed by atoms with Gasteiger partial charge in [-0.1, -0.05) is 6.07 Å². The lowest BCUT2D eigenvalue weighted by Gasteiger charge is -2.28. The van der Waals surface area contributed by atoms with Gasteiger partial charge in [-0.05, 0) is 46.2 Å². The van der Waals surface area contributed by atoms with Crippen LogP contribution in [-0.2, 0) is 5.41 Å². The lowest BCUT2D eigenvalue weighted by atomic mass is 9.74. The maximum absolute atomic E-state index is 12.5. The summed E-state index contributed by atoms with van der Waals surface area (Å²) in [4.78, 5) is 14.9. The van der Waals surface area contributed by atoms with Crippen LogP contribution in [0.5, 0.6) is 0 Å². The molecule has 1 nitrogen and oxygen atoms in total. The molecule has 2 aromatic rings. The SMILES string of the molecule is Bc1cc2c(s1)-c1sc(Br)cc1C(=O)C2(C)C. The highest BCUT2D eigenvalue weighted by molar-refractivity contribution is 9.11. The van der Waals surface area contributed by atoms with Gasteiger partial charge in [-0.3, -0.25) is 4.79 Å². The molecule has 0 aromatic carbocycles. The summed E-state index contributed by atoms with van der Waals surface area (Å²) >= 11 is 6.93. The van der Waals surface area contributed by atoms with Gasteiger partial charge in [0.1, 0.15) is 0 Å². The van der Waals surface area contributed by atoms with Crippen molar-refractivity contribution in [3.8, 4) is 9.75 Å². The van der Waals surface area contributed by atoms with Gasteiger partial charge in [0.2, 0.25) is 0 Å². The van der Waals surface area contributed by atoms with E-state index in [0.29, 0.717) is 0 Å². The molecule has 0 saturated heterocycles. The predicted octanol–water partition coefficient (Wildman–Crippen LogP) is 2.97. The van der Waals surface area contributed by atoms with E-state index in [-0.39, 0.29) is 5.78 Å². The van der Waals surface area contributed by atoms with E-state index >= 15 is 0 Å². The molecule has 1 aliphatic rings. The van der Waals surface area contributed by atoms with Gasteiger partial charge in [-0.2, -0.15) is 0 Å². The van der Waals surface area contributed by atoms with Crippen molar-refractivity contribution in [1.82, 2.24) is 0 Å². The molecule has 0 radical (unpaired) electrons.